The number of benzene rings is 3. The third-order valence-corrected chi connectivity index (χ3v) is 8.13. The van der Waals surface area contributed by atoms with Gasteiger partial charge in [0.05, 0.1) is 6.61 Å². The van der Waals surface area contributed by atoms with Gasteiger partial charge in [-0.25, -0.2) is 4.39 Å². The van der Waals surface area contributed by atoms with Crippen molar-refractivity contribution in [3.05, 3.63) is 94.3 Å². The molecule has 4 nitrogen and oxygen atoms in total. The van der Waals surface area contributed by atoms with Crippen LogP contribution >= 0.6 is 0 Å². The summed E-state index contributed by atoms with van der Waals surface area (Å²) < 4.78 is 20.1. The second-order valence-electron chi connectivity index (χ2n) is 11.7. The van der Waals surface area contributed by atoms with E-state index in [1.807, 2.05) is 12.1 Å². The van der Waals surface area contributed by atoms with E-state index >= 15 is 0 Å². The highest BCUT2D eigenvalue weighted by Crippen LogP contribution is 2.36. The van der Waals surface area contributed by atoms with Gasteiger partial charge in [-0.05, 0) is 117 Å². The second kappa shape index (κ2) is 17.7. The van der Waals surface area contributed by atoms with Gasteiger partial charge < -0.3 is 14.5 Å². The summed E-state index contributed by atoms with van der Waals surface area (Å²) in [4.78, 5) is 18.9. The number of ether oxygens (including phenoxy) is 1. The molecule has 43 heavy (non-hydrogen) atoms. The van der Waals surface area contributed by atoms with Crippen LogP contribution in [-0.4, -0.2) is 38.8 Å². The number of hydrogen-bond acceptors (Lipinski definition) is 4. The summed E-state index contributed by atoms with van der Waals surface area (Å²) in [5, 5.41) is 0. The summed E-state index contributed by atoms with van der Waals surface area (Å²) in [6, 6.07) is 20.0. The van der Waals surface area contributed by atoms with E-state index in [0.29, 0.717) is 25.0 Å². The number of aryl methyl sites for hydroxylation is 3. The number of anilines is 2. The monoisotopic (exact) mass is 588 g/mol. The molecule has 3 rings (SSSR count). The van der Waals surface area contributed by atoms with Crippen LogP contribution in [0, 0.1) is 19.7 Å². The average Bonchev–Trinajstić information content (AvgIpc) is 2.99. The molecule has 0 radical (unpaired) electrons. The van der Waals surface area contributed by atoms with Gasteiger partial charge >= 0.3 is 5.97 Å². The smallest absolute Gasteiger partial charge is 0.317 e. The zero-order valence-electron chi connectivity index (χ0n) is 27.4. The number of esters is 1. The van der Waals surface area contributed by atoms with Gasteiger partial charge in [-0.1, -0.05) is 58.0 Å². The Morgan fingerprint density at radius 2 is 1.21 bits per heavy atom. The first-order valence-electron chi connectivity index (χ1n) is 16.4. The van der Waals surface area contributed by atoms with Crippen molar-refractivity contribution >= 4 is 17.3 Å². The van der Waals surface area contributed by atoms with Crippen LogP contribution in [0.2, 0.25) is 0 Å². The molecule has 0 aliphatic heterocycles. The standard InChI is InChI=1S/C38H53FN2O2/c1-7-22-40(23-8-2)32-20-18-29(5)34(27-32)37(35-28-33(21-19-30(35)6)41(24-9-3)25-10-4)38(42)43-26-14-13-16-31-15-11-12-17-36(31)39/h11-12,15,17-21,27-28,37H,7-10,13-14,16,22-26H2,1-6H3. The summed E-state index contributed by atoms with van der Waals surface area (Å²) in [5.41, 5.74) is 7.19. The van der Waals surface area contributed by atoms with Gasteiger partial charge in [-0.3, -0.25) is 4.79 Å². The van der Waals surface area contributed by atoms with E-state index in [2.05, 4.69) is 87.7 Å². The molecule has 0 fully saturated rings. The Bertz CT molecular complexity index is 1210. The molecule has 0 atom stereocenters. The van der Waals surface area contributed by atoms with Crippen LogP contribution < -0.4 is 9.80 Å². The van der Waals surface area contributed by atoms with E-state index in [0.717, 1.165) is 91.9 Å². The van der Waals surface area contributed by atoms with E-state index in [1.165, 1.54) is 6.07 Å². The predicted octanol–water partition coefficient (Wildman–Crippen LogP) is 9.39. The Labute approximate surface area is 260 Å². The molecule has 3 aromatic rings. The van der Waals surface area contributed by atoms with E-state index in [4.69, 9.17) is 4.74 Å². The van der Waals surface area contributed by atoms with Gasteiger partial charge in [-0.15, -0.1) is 0 Å². The fourth-order valence-electron chi connectivity index (χ4n) is 5.89. The molecule has 0 aromatic heterocycles. The molecule has 0 amide bonds. The van der Waals surface area contributed by atoms with Gasteiger partial charge in [-0.2, -0.15) is 0 Å². The Morgan fingerprint density at radius 3 is 1.67 bits per heavy atom. The third kappa shape index (κ3) is 9.58. The maximum Gasteiger partial charge on any atom is 0.317 e. The highest BCUT2D eigenvalue weighted by atomic mass is 19.1. The molecule has 0 aliphatic rings. The highest BCUT2D eigenvalue weighted by Gasteiger charge is 2.29. The van der Waals surface area contributed by atoms with Gasteiger partial charge in [0.2, 0.25) is 0 Å². The van der Waals surface area contributed by atoms with Crippen molar-refractivity contribution in [1.82, 2.24) is 0 Å². The fraction of sp³-hybridized carbons (Fsp3) is 0.500. The zero-order chi connectivity index (χ0) is 31.2. The SMILES string of the molecule is CCCN(CCC)c1ccc(C)c(C(C(=O)OCCCCc2ccccc2F)c2cc(N(CCC)CCC)ccc2C)c1. The first kappa shape index (κ1) is 34.2. The fourth-order valence-corrected chi connectivity index (χ4v) is 5.89. The van der Waals surface area contributed by atoms with Crippen molar-refractivity contribution in [2.24, 2.45) is 0 Å². The zero-order valence-corrected chi connectivity index (χ0v) is 27.4. The van der Waals surface area contributed by atoms with E-state index < -0.39 is 5.92 Å². The maximum absolute atomic E-state index is 14.1. The number of carbonyl (C=O) groups is 1. The molecule has 0 unspecified atom stereocenters. The van der Waals surface area contributed by atoms with Crippen LogP contribution in [-0.2, 0) is 16.0 Å². The van der Waals surface area contributed by atoms with Crippen molar-refractivity contribution in [1.29, 1.82) is 0 Å². The minimum absolute atomic E-state index is 0.175. The van der Waals surface area contributed by atoms with Gasteiger partial charge in [0.1, 0.15) is 11.7 Å². The van der Waals surface area contributed by atoms with Crippen molar-refractivity contribution in [3.8, 4) is 0 Å². The summed E-state index contributed by atoms with van der Waals surface area (Å²) in [7, 11) is 0. The second-order valence-corrected chi connectivity index (χ2v) is 11.7. The maximum atomic E-state index is 14.1. The topological polar surface area (TPSA) is 32.8 Å². The number of nitrogens with zero attached hydrogens (tertiary/aromatic N) is 2. The van der Waals surface area contributed by atoms with E-state index in [-0.39, 0.29) is 11.8 Å². The number of hydrogen-bond donors (Lipinski definition) is 0. The number of carbonyl (C=O) groups excluding carboxylic acids is 1. The van der Waals surface area contributed by atoms with Crippen LogP contribution in [0.1, 0.15) is 100.0 Å². The molecule has 0 bridgehead atoms. The molecule has 234 valence electrons. The van der Waals surface area contributed by atoms with Gasteiger partial charge in [0.25, 0.3) is 0 Å². The Hall–Kier alpha value is -3.34. The van der Waals surface area contributed by atoms with Gasteiger partial charge in [0.15, 0.2) is 0 Å². The highest BCUT2D eigenvalue weighted by molar-refractivity contribution is 5.84. The van der Waals surface area contributed by atoms with Crippen molar-refractivity contribution < 1.29 is 13.9 Å². The van der Waals surface area contributed by atoms with Crippen molar-refractivity contribution in [2.75, 3.05) is 42.6 Å². The van der Waals surface area contributed by atoms with E-state index in [1.54, 1.807) is 6.07 Å². The number of halogens is 1. The van der Waals surface area contributed by atoms with Crippen LogP contribution in [0.15, 0.2) is 60.7 Å². The molecule has 3 aromatic carbocycles. The van der Waals surface area contributed by atoms with Crippen LogP contribution in [0.4, 0.5) is 15.8 Å². The van der Waals surface area contributed by atoms with E-state index in [9.17, 15) is 9.18 Å². The summed E-state index contributed by atoms with van der Waals surface area (Å²) in [6.07, 6.45) is 6.33. The molecule has 0 aliphatic carbocycles. The van der Waals surface area contributed by atoms with Crippen LogP contribution in [0.25, 0.3) is 0 Å². The van der Waals surface area contributed by atoms with Gasteiger partial charge in [0, 0.05) is 37.6 Å². The van der Waals surface area contributed by atoms with Crippen molar-refractivity contribution in [3.63, 3.8) is 0 Å². The Balaban J connectivity index is 1.95. The molecule has 0 spiro atoms. The molecule has 0 saturated heterocycles. The molecule has 0 saturated carbocycles. The summed E-state index contributed by atoms with van der Waals surface area (Å²) in [6.45, 7) is 17.2. The minimum Gasteiger partial charge on any atom is -0.465 e. The lowest BCUT2D eigenvalue weighted by molar-refractivity contribution is -0.144. The number of rotatable bonds is 18. The molecule has 0 N–H and O–H groups in total. The summed E-state index contributed by atoms with van der Waals surface area (Å²) in [5.74, 6) is -0.922. The predicted molar refractivity (Wildman–Crippen MR) is 180 cm³/mol. The normalized spacial score (nSPS) is 11.2. The van der Waals surface area contributed by atoms with Crippen molar-refractivity contribution in [2.45, 2.75) is 92.4 Å². The molecular weight excluding hydrogens is 535 g/mol. The lowest BCUT2D eigenvalue weighted by Crippen LogP contribution is -2.27. The largest absolute Gasteiger partial charge is 0.465 e. The first-order chi connectivity index (χ1) is 20.8. The summed E-state index contributed by atoms with van der Waals surface area (Å²) >= 11 is 0. The van der Waals surface area contributed by atoms with Crippen LogP contribution in [0.3, 0.4) is 0 Å². The lowest BCUT2D eigenvalue weighted by Gasteiger charge is -2.28. The number of unbranched alkanes of at least 4 members (excludes halogenated alkanes) is 1. The Kier molecular flexibility index (Phi) is 14.1. The Morgan fingerprint density at radius 1 is 0.721 bits per heavy atom. The molecule has 5 heteroatoms. The lowest BCUT2D eigenvalue weighted by atomic mass is 9.85. The first-order valence-corrected chi connectivity index (χ1v) is 16.4. The minimum atomic E-state index is -0.526. The molecule has 0 heterocycles. The quantitative estimate of drug-likeness (QED) is 0.109. The third-order valence-electron chi connectivity index (χ3n) is 8.13. The average molecular weight is 589 g/mol. The van der Waals surface area contributed by atoms with Crippen LogP contribution in [0.5, 0.6) is 0 Å². The molecular formula is C38H53FN2O2.